The summed E-state index contributed by atoms with van der Waals surface area (Å²) in [6.45, 7) is -0.647. The first-order valence-electron chi connectivity index (χ1n) is 8.08. The van der Waals surface area contributed by atoms with Crippen LogP contribution in [-0.2, 0) is 16.1 Å². The molecule has 0 aliphatic carbocycles. The van der Waals surface area contributed by atoms with Crippen molar-refractivity contribution in [1.82, 2.24) is 5.32 Å². The Balaban J connectivity index is 2.09. The molecule has 2 aromatic carbocycles. The molecule has 0 saturated carbocycles. The highest BCUT2D eigenvalue weighted by atomic mass is 35.5. The molecule has 0 radical (unpaired) electrons. The lowest BCUT2D eigenvalue weighted by Gasteiger charge is -2.18. The number of amidine groups is 1. The Morgan fingerprint density at radius 2 is 1.64 bits per heavy atom. The summed E-state index contributed by atoms with van der Waals surface area (Å²) in [5, 5.41) is 18.6. The molecule has 0 bridgehead atoms. The molecule has 2 aromatic rings. The number of rotatable bonds is 8. The number of oxime groups is 1. The van der Waals surface area contributed by atoms with Gasteiger partial charge in [0.25, 0.3) is 0 Å². The SMILES string of the molecule is NC(=NOCC(=O)O)[C@H](Cc1ccc(Cl)cc1)NC(=O)Nc1ccc(Cl)cc1. The summed E-state index contributed by atoms with van der Waals surface area (Å²) in [6.07, 6.45) is 0.289. The smallest absolute Gasteiger partial charge is 0.344 e. The van der Waals surface area contributed by atoms with Crippen LogP contribution in [0, 0.1) is 0 Å². The molecule has 0 spiro atoms. The van der Waals surface area contributed by atoms with Gasteiger partial charge in [0.1, 0.15) is 0 Å². The topological polar surface area (TPSA) is 126 Å². The van der Waals surface area contributed by atoms with Gasteiger partial charge in [0.2, 0.25) is 6.61 Å². The van der Waals surface area contributed by atoms with Gasteiger partial charge in [-0.25, -0.2) is 9.59 Å². The van der Waals surface area contributed by atoms with E-state index in [0.717, 1.165) is 5.56 Å². The van der Waals surface area contributed by atoms with E-state index in [-0.39, 0.29) is 12.3 Å². The van der Waals surface area contributed by atoms with Crippen LogP contribution in [0.2, 0.25) is 10.0 Å². The normalized spacial score (nSPS) is 12.1. The van der Waals surface area contributed by atoms with E-state index >= 15 is 0 Å². The molecular weight excluding hydrogens is 407 g/mol. The van der Waals surface area contributed by atoms with Crippen molar-refractivity contribution in [3.05, 3.63) is 64.1 Å². The highest BCUT2D eigenvalue weighted by molar-refractivity contribution is 6.30. The molecule has 0 aliphatic heterocycles. The highest BCUT2D eigenvalue weighted by Gasteiger charge is 2.18. The van der Waals surface area contributed by atoms with Gasteiger partial charge in [-0.05, 0) is 42.0 Å². The van der Waals surface area contributed by atoms with Gasteiger partial charge in [-0.1, -0.05) is 40.5 Å². The molecule has 0 fully saturated rings. The number of anilines is 1. The molecule has 0 unspecified atom stereocenters. The summed E-state index contributed by atoms with van der Waals surface area (Å²) in [4.78, 5) is 27.5. The van der Waals surface area contributed by atoms with Crippen LogP contribution in [0.4, 0.5) is 10.5 Å². The maximum atomic E-state index is 12.3. The minimum Gasteiger partial charge on any atom is -0.479 e. The zero-order valence-corrected chi connectivity index (χ0v) is 16.1. The molecule has 10 heteroatoms. The second-order valence-corrected chi connectivity index (χ2v) is 6.54. The van der Waals surface area contributed by atoms with E-state index in [1.807, 2.05) is 0 Å². The summed E-state index contributed by atoms with van der Waals surface area (Å²) in [5.41, 5.74) is 7.25. The van der Waals surface area contributed by atoms with Crippen molar-refractivity contribution in [2.75, 3.05) is 11.9 Å². The fourth-order valence-electron chi connectivity index (χ4n) is 2.17. The predicted molar refractivity (Wildman–Crippen MR) is 108 cm³/mol. The van der Waals surface area contributed by atoms with Crippen molar-refractivity contribution in [3.8, 4) is 0 Å². The third-order valence-corrected chi connectivity index (χ3v) is 3.98. The second-order valence-electron chi connectivity index (χ2n) is 5.67. The Kier molecular flexibility index (Phi) is 7.91. The zero-order valence-electron chi connectivity index (χ0n) is 14.6. The van der Waals surface area contributed by atoms with E-state index < -0.39 is 24.6 Å². The number of halogens is 2. The van der Waals surface area contributed by atoms with Crippen molar-refractivity contribution < 1.29 is 19.5 Å². The van der Waals surface area contributed by atoms with Crippen molar-refractivity contribution in [1.29, 1.82) is 0 Å². The van der Waals surface area contributed by atoms with Crippen LogP contribution in [0.15, 0.2) is 53.7 Å². The summed E-state index contributed by atoms with van der Waals surface area (Å²) in [5.74, 6) is -1.28. The first kappa shape index (κ1) is 21.3. The van der Waals surface area contributed by atoms with E-state index in [4.69, 9.17) is 34.0 Å². The lowest BCUT2D eigenvalue weighted by Crippen LogP contribution is -2.47. The molecule has 1 atom stereocenters. The molecule has 2 rings (SSSR count). The minimum absolute atomic E-state index is 0.0811. The third kappa shape index (κ3) is 7.34. The Labute approximate surface area is 171 Å². The van der Waals surface area contributed by atoms with E-state index in [0.29, 0.717) is 15.7 Å². The molecule has 8 nitrogen and oxygen atoms in total. The number of nitrogens with two attached hydrogens (primary N) is 1. The number of hydrogen-bond donors (Lipinski definition) is 4. The molecule has 5 N–H and O–H groups in total. The van der Waals surface area contributed by atoms with Crippen LogP contribution < -0.4 is 16.4 Å². The largest absolute Gasteiger partial charge is 0.479 e. The van der Waals surface area contributed by atoms with Crippen molar-refractivity contribution in [2.24, 2.45) is 10.9 Å². The molecule has 2 amide bonds. The number of carboxylic acids is 1. The lowest BCUT2D eigenvalue weighted by molar-refractivity contribution is -0.142. The number of nitrogens with zero attached hydrogens (tertiary/aromatic N) is 1. The maximum absolute atomic E-state index is 12.3. The van der Waals surface area contributed by atoms with E-state index in [1.165, 1.54) is 0 Å². The van der Waals surface area contributed by atoms with Gasteiger partial charge >= 0.3 is 12.0 Å². The summed E-state index contributed by atoms with van der Waals surface area (Å²) >= 11 is 11.7. The first-order valence-corrected chi connectivity index (χ1v) is 8.83. The third-order valence-electron chi connectivity index (χ3n) is 3.48. The predicted octanol–water partition coefficient (Wildman–Crippen LogP) is 3.10. The molecule has 148 valence electrons. The minimum atomic E-state index is -1.20. The number of nitrogens with one attached hydrogen (secondary N) is 2. The number of amides is 2. The average Bonchev–Trinajstić information content (AvgIpc) is 2.64. The number of benzene rings is 2. The summed E-state index contributed by atoms with van der Waals surface area (Å²) < 4.78 is 0. The van der Waals surface area contributed by atoms with Crippen LogP contribution >= 0.6 is 23.2 Å². The molecule has 0 saturated heterocycles. The fourth-order valence-corrected chi connectivity index (χ4v) is 2.42. The molecular formula is C18H18Cl2N4O4. The number of hydrogen-bond acceptors (Lipinski definition) is 4. The number of aliphatic carboxylic acids is 1. The Hall–Kier alpha value is -2.97. The first-order chi connectivity index (χ1) is 13.3. The van der Waals surface area contributed by atoms with Crippen LogP contribution in [0.3, 0.4) is 0 Å². The van der Waals surface area contributed by atoms with Crippen LogP contribution in [0.1, 0.15) is 5.56 Å². The van der Waals surface area contributed by atoms with Crippen molar-refractivity contribution in [2.45, 2.75) is 12.5 Å². The Morgan fingerprint density at radius 3 is 2.21 bits per heavy atom. The van der Waals surface area contributed by atoms with Gasteiger partial charge < -0.3 is 26.3 Å². The number of urea groups is 1. The van der Waals surface area contributed by atoms with E-state index in [9.17, 15) is 9.59 Å². The standard InChI is InChI=1S/C18H18Cl2N4O4/c19-12-3-1-11(2-4-12)9-15(17(21)24-28-10-16(25)26)23-18(27)22-14-7-5-13(20)6-8-14/h1-8,15H,9-10H2,(H2,21,24)(H,25,26)(H2,22,23,27)/t15-/m0/s1. The number of carboxylic acid groups (broad SMARTS) is 1. The van der Waals surface area contributed by atoms with Crippen LogP contribution in [-0.4, -0.2) is 35.6 Å². The lowest BCUT2D eigenvalue weighted by atomic mass is 10.1. The monoisotopic (exact) mass is 424 g/mol. The Bertz CT molecular complexity index is 842. The van der Waals surface area contributed by atoms with Crippen molar-refractivity contribution >= 4 is 46.7 Å². The van der Waals surface area contributed by atoms with E-state index in [2.05, 4.69) is 20.6 Å². The van der Waals surface area contributed by atoms with Crippen molar-refractivity contribution in [3.63, 3.8) is 0 Å². The molecule has 28 heavy (non-hydrogen) atoms. The Morgan fingerprint density at radius 1 is 1.07 bits per heavy atom. The number of carbonyl (C=O) groups excluding carboxylic acids is 1. The van der Waals surface area contributed by atoms with Gasteiger partial charge in [0.15, 0.2) is 5.84 Å². The van der Waals surface area contributed by atoms with Crippen LogP contribution in [0.5, 0.6) is 0 Å². The van der Waals surface area contributed by atoms with Gasteiger partial charge in [-0.15, -0.1) is 0 Å². The second kappa shape index (κ2) is 10.4. The summed E-state index contributed by atoms with van der Waals surface area (Å²) in [6, 6.07) is 12.2. The summed E-state index contributed by atoms with van der Waals surface area (Å²) in [7, 11) is 0. The number of carbonyl (C=O) groups is 2. The van der Waals surface area contributed by atoms with Gasteiger partial charge in [-0.2, -0.15) is 0 Å². The fraction of sp³-hybridized carbons (Fsp3) is 0.167. The van der Waals surface area contributed by atoms with Crippen LogP contribution in [0.25, 0.3) is 0 Å². The quantitative estimate of drug-likeness (QED) is 0.294. The van der Waals surface area contributed by atoms with Gasteiger partial charge in [0.05, 0.1) is 6.04 Å². The average molecular weight is 425 g/mol. The van der Waals surface area contributed by atoms with Gasteiger partial charge in [-0.3, -0.25) is 0 Å². The molecule has 0 heterocycles. The zero-order chi connectivity index (χ0) is 20.5. The maximum Gasteiger partial charge on any atom is 0.344 e. The highest BCUT2D eigenvalue weighted by Crippen LogP contribution is 2.14. The van der Waals surface area contributed by atoms with E-state index in [1.54, 1.807) is 48.5 Å². The molecule has 0 aliphatic rings. The van der Waals surface area contributed by atoms with Gasteiger partial charge in [0, 0.05) is 22.2 Å². The molecule has 0 aromatic heterocycles.